The van der Waals surface area contributed by atoms with Gasteiger partial charge in [0.25, 0.3) is 0 Å². The first-order chi connectivity index (χ1) is 8.65. The van der Waals surface area contributed by atoms with Crippen molar-refractivity contribution in [1.82, 2.24) is 9.96 Å². The molecule has 6 nitrogen and oxygen atoms in total. The van der Waals surface area contributed by atoms with E-state index in [-0.39, 0.29) is 17.2 Å². The molecule has 1 atom stereocenters. The molecule has 104 valence electrons. The zero-order valence-corrected chi connectivity index (χ0v) is 11.6. The molecule has 0 saturated carbocycles. The van der Waals surface area contributed by atoms with E-state index in [1.54, 1.807) is 0 Å². The highest BCUT2D eigenvalue weighted by molar-refractivity contribution is 6.66. The first-order valence-corrected chi connectivity index (χ1v) is 6.61. The summed E-state index contributed by atoms with van der Waals surface area (Å²) in [4.78, 5) is 19.1. The van der Waals surface area contributed by atoms with Crippen LogP contribution in [-0.2, 0) is 4.84 Å². The number of nitrogens with zero attached hydrogens (tertiary/aromatic N) is 3. The number of carbonyl (C=O) groups is 1. The van der Waals surface area contributed by atoms with Crippen LogP contribution in [0.2, 0.25) is 0 Å². The van der Waals surface area contributed by atoms with E-state index in [1.807, 2.05) is 6.92 Å². The molecule has 1 aliphatic rings. The standard InChI is InChI=1S/C11H20ClN3O3/c1-3-5-8-18-15-7-6-9(10(12)13-17)14(4-2)11(15)16/h9,17H,3-8H2,1-2H3/t9-/m0/s1. The van der Waals surface area contributed by atoms with Crippen molar-refractivity contribution in [2.45, 2.75) is 39.2 Å². The summed E-state index contributed by atoms with van der Waals surface area (Å²) in [7, 11) is 0. The van der Waals surface area contributed by atoms with E-state index in [4.69, 9.17) is 21.6 Å². The number of carbonyl (C=O) groups excluding carboxylic acids is 1. The maximum atomic E-state index is 12.1. The summed E-state index contributed by atoms with van der Waals surface area (Å²) in [6.45, 7) is 5.39. The van der Waals surface area contributed by atoms with Crippen LogP contribution < -0.4 is 0 Å². The minimum atomic E-state index is -0.361. The van der Waals surface area contributed by atoms with Crippen LogP contribution in [0.15, 0.2) is 5.16 Å². The van der Waals surface area contributed by atoms with E-state index in [2.05, 4.69) is 12.1 Å². The highest BCUT2D eigenvalue weighted by Gasteiger charge is 2.35. The Morgan fingerprint density at radius 3 is 2.89 bits per heavy atom. The van der Waals surface area contributed by atoms with Crippen molar-refractivity contribution in [3.05, 3.63) is 0 Å². The molecule has 0 aromatic rings. The van der Waals surface area contributed by atoms with Crippen LogP contribution >= 0.6 is 11.6 Å². The van der Waals surface area contributed by atoms with Gasteiger partial charge in [-0.25, -0.2) is 9.86 Å². The van der Waals surface area contributed by atoms with Gasteiger partial charge in [-0.3, -0.25) is 4.84 Å². The van der Waals surface area contributed by atoms with Crippen LogP contribution in [0.4, 0.5) is 4.79 Å². The van der Waals surface area contributed by atoms with Crippen LogP contribution in [0.1, 0.15) is 33.1 Å². The summed E-state index contributed by atoms with van der Waals surface area (Å²) in [6, 6.07) is -0.591. The third-order valence-electron chi connectivity index (χ3n) is 2.90. The Labute approximate surface area is 112 Å². The largest absolute Gasteiger partial charge is 0.410 e. The minimum absolute atomic E-state index is 0.0402. The maximum Gasteiger partial charge on any atom is 0.344 e. The molecule has 0 unspecified atom stereocenters. The Morgan fingerprint density at radius 1 is 1.61 bits per heavy atom. The van der Waals surface area contributed by atoms with Gasteiger partial charge in [0.05, 0.1) is 19.2 Å². The fourth-order valence-electron chi connectivity index (χ4n) is 1.88. The highest BCUT2D eigenvalue weighted by atomic mass is 35.5. The topological polar surface area (TPSA) is 65.4 Å². The number of unbranched alkanes of at least 4 members (excludes halogenated alkanes) is 1. The number of rotatable bonds is 6. The lowest BCUT2D eigenvalue weighted by molar-refractivity contribution is -0.139. The van der Waals surface area contributed by atoms with E-state index in [9.17, 15) is 4.79 Å². The second kappa shape index (κ2) is 7.43. The number of hydrogen-bond acceptors (Lipinski definition) is 4. The molecule has 0 aliphatic carbocycles. The Morgan fingerprint density at radius 2 is 2.33 bits per heavy atom. The van der Waals surface area contributed by atoms with Crippen molar-refractivity contribution in [2.24, 2.45) is 5.16 Å². The molecule has 0 aromatic carbocycles. The normalized spacial score (nSPS) is 21.6. The predicted molar refractivity (Wildman–Crippen MR) is 68.8 cm³/mol. The third kappa shape index (κ3) is 3.49. The lowest BCUT2D eigenvalue weighted by Crippen LogP contribution is -2.56. The molecule has 2 amide bonds. The Bertz CT molecular complexity index is 312. The lowest BCUT2D eigenvalue weighted by Gasteiger charge is -2.39. The molecule has 7 heteroatoms. The molecule has 1 aliphatic heterocycles. The van der Waals surface area contributed by atoms with Gasteiger partial charge in [0.2, 0.25) is 0 Å². The number of amides is 2. The smallest absolute Gasteiger partial charge is 0.344 e. The molecule has 1 fully saturated rings. The van der Waals surface area contributed by atoms with Gasteiger partial charge in [0.1, 0.15) is 0 Å². The Kier molecular flexibility index (Phi) is 6.21. The Balaban J connectivity index is 2.63. The van der Waals surface area contributed by atoms with E-state index in [0.717, 1.165) is 12.8 Å². The van der Waals surface area contributed by atoms with Crippen molar-refractivity contribution in [2.75, 3.05) is 19.7 Å². The average Bonchev–Trinajstić information content (AvgIpc) is 2.39. The average molecular weight is 278 g/mol. The molecular weight excluding hydrogens is 258 g/mol. The summed E-state index contributed by atoms with van der Waals surface area (Å²) in [5.41, 5.74) is 0. The summed E-state index contributed by atoms with van der Waals surface area (Å²) in [6.07, 6.45) is 2.53. The summed E-state index contributed by atoms with van der Waals surface area (Å²) < 4.78 is 0. The third-order valence-corrected chi connectivity index (χ3v) is 3.22. The summed E-state index contributed by atoms with van der Waals surface area (Å²) in [5, 5.41) is 13.1. The molecule has 0 bridgehead atoms. The van der Waals surface area contributed by atoms with Crippen molar-refractivity contribution >= 4 is 22.8 Å². The number of hydrogen-bond donors (Lipinski definition) is 1. The minimum Gasteiger partial charge on any atom is -0.410 e. The number of urea groups is 1. The fraction of sp³-hybridized carbons (Fsp3) is 0.818. The van der Waals surface area contributed by atoms with Gasteiger partial charge in [-0.2, -0.15) is 0 Å². The van der Waals surface area contributed by atoms with Crippen LogP contribution in [-0.4, -0.2) is 52.1 Å². The fourth-order valence-corrected chi connectivity index (χ4v) is 2.10. The Hall–Kier alpha value is -1.01. The van der Waals surface area contributed by atoms with E-state index in [0.29, 0.717) is 26.1 Å². The number of oxime groups is 1. The molecule has 1 rings (SSSR count). The predicted octanol–water partition coefficient (Wildman–Crippen LogP) is 2.26. The van der Waals surface area contributed by atoms with Crippen LogP contribution in [0.5, 0.6) is 0 Å². The molecule has 1 heterocycles. The van der Waals surface area contributed by atoms with E-state index >= 15 is 0 Å². The zero-order valence-electron chi connectivity index (χ0n) is 10.8. The van der Waals surface area contributed by atoms with Crippen LogP contribution in [0.3, 0.4) is 0 Å². The number of halogens is 1. The molecule has 1 saturated heterocycles. The van der Waals surface area contributed by atoms with Gasteiger partial charge in [-0.15, -0.1) is 0 Å². The SMILES string of the molecule is CCCCON1CC[C@@H](C(Cl)=NO)N(CC)C1=O. The van der Waals surface area contributed by atoms with Crippen LogP contribution in [0.25, 0.3) is 0 Å². The quantitative estimate of drug-likeness (QED) is 0.350. The monoisotopic (exact) mass is 277 g/mol. The highest BCUT2D eigenvalue weighted by Crippen LogP contribution is 2.19. The first kappa shape index (κ1) is 15.0. The number of hydroxylamine groups is 2. The maximum absolute atomic E-state index is 12.1. The molecule has 1 N–H and O–H groups in total. The van der Waals surface area contributed by atoms with Crippen LogP contribution in [0, 0.1) is 0 Å². The zero-order chi connectivity index (χ0) is 13.5. The van der Waals surface area contributed by atoms with Gasteiger partial charge in [-0.1, -0.05) is 30.1 Å². The van der Waals surface area contributed by atoms with Crippen molar-refractivity contribution in [3.8, 4) is 0 Å². The van der Waals surface area contributed by atoms with Gasteiger partial charge < -0.3 is 10.1 Å². The first-order valence-electron chi connectivity index (χ1n) is 6.24. The van der Waals surface area contributed by atoms with Crippen molar-refractivity contribution in [3.63, 3.8) is 0 Å². The van der Waals surface area contributed by atoms with Crippen molar-refractivity contribution < 1.29 is 14.8 Å². The second-order valence-corrected chi connectivity index (χ2v) is 4.47. The lowest BCUT2D eigenvalue weighted by atomic mass is 10.1. The molecule has 0 radical (unpaired) electrons. The van der Waals surface area contributed by atoms with Gasteiger partial charge >= 0.3 is 6.03 Å². The molecule has 18 heavy (non-hydrogen) atoms. The summed E-state index contributed by atoms with van der Waals surface area (Å²) >= 11 is 5.80. The van der Waals surface area contributed by atoms with Gasteiger partial charge in [-0.05, 0) is 19.8 Å². The molecule has 0 spiro atoms. The van der Waals surface area contributed by atoms with Crippen molar-refractivity contribution in [1.29, 1.82) is 0 Å². The summed E-state index contributed by atoms with van der Waals surface area (Å²) in [5.74, 6) is 0. The van der Waals surface area contributed by atoms with Gasteiger partial charge in [0.15, 0.2) is 5.17 Å². The van der Waals surface area contributed by atoms with Gasteiger partial charge in [0, 0.05) is 6.54 Å². The van der Waals surface area contributed by atoms with E-state index in [1.165, 1.54) is 9.96 Å². The molecular formula is C11H20ClN3O3. The second-order valence-electron chi connectivity index (χ2n) is 4.08. The molecule has 0 aromatic heterocycles. The van der Waals surface area contributed by atoms with E-state index < -0.39 is 0 Å².